The van der Waals surface area contributed by atoms with Crippen LogP contribution in [0.2, 0.25) is 0 Å². The van der Waals surface area contributed by atoms with E-state index in [1.807, 2.05) is 0 Å². The number of hydrogen-bond acceptors (Lipinski definition) is 8. The molecule has 4 rings (SSSR count). The highest BCUT2D eigenvalue weighted by atomic mass is 19.4. The van der Waals surface area contributed by atoms with Crippen molar-refractivity contribution in [2.24, 2.45) is 5.11 Å². The average molecular weight is 667 g/mol. The Labute approximate surface area is 258 Å². The largest absolute Gasteiger partial charge is 0.471 e. The minimum atomic E-state index is -5.29. The number of likely N-dealkylation sites (N-methyl/N-ethyl adjacent to an activating group) is 1. The van der Waals surface area contributed by atoms with Crippen LogP contribution in [0.25, 0.3) is 10.4 Å². The van der Waals surface area contributed by atoms with E-state index in [9.17, 15) is 46.3 Å². The smallest absolute Gasteiger partial charge is 0.441 e. The molecule has 2 aliphatic heterocycles. The van der Waals surface area contributed by atoms with Crippen LogP contribution in [0.4, 0.5) is 31.1 Å². The summed E-state index contributed by atoms with van der Waals surface area (Å²) in [5, 5.41) is 5.50. The average Bonchev–Trinajstić information content (AvgIpc) is 3.30. The van der Waals surface area contributed by atoms with Crippen LogP contribution in [0.5, 0.6) is 0 Å². The van der Waals surface area contributed by atoms with Gasteiger partial charge in [0.2, 0.25) is 0 Å². The normalized spacial score (nSPS) is 30.5. The maximum Gasteiger partial charge on any atom is 0.471 e. The second-order valence-corrected chi connectivity index (χ2v) is 11.2. The topological polar surface area (TPSA) is 155 Å². The van der Waals surface area contributed by atoms with E-state index in [4.69, 9.17) is 18.9 Å². The number of azide groups is 1. The number of amides is 3. The molecule has 0 bridgehead atoms. The molecule has 9 atom stereocenters. The Morgan fingerprint density at radius 1 is 1.17 bits per heavy atom. The Morgan fingerprint density at radius 2 is 1.85 bits per heavy atom. The molecule has 1 saturated carbocycles. The van der Waals surface area contributed by atoms with Gasteiger partial charge in [-0.25, -0.2) is 4.79 Å². The van der Waals surface area contributed by atoms with Gasteiger partial charge in [-0.2, -0.15) is 26.3 Å². The highest BCUT2D eigenvalue weighted by molar-refractivity contribution is 5.82. The molecule has 1 N–H and O–H groups in total. The number of nitrogens with one attached hydrogen (secondary N) is 1. The number of benzene rings is 1. The van der Waals surface area contributed by atoms with Crippen molar-refractivity contribution in [2.45, 2.75) is 93.4 Å². The number of carbonyl (C=O) groups is 3. The van der Waals surface area contributed by atoms with E-state index in [1.165, 1.54) is 38.1 Å². The maximum atomic E-state index is 13.7. The summed E-state index contributed by atoms with van der Waals surface area (Å²) in [5.74, 6) is -4.48. The molecule has 1 aromatic rings. The number of ether oxygens (including phenoxy) is 4. The van der Waals surface area contributed by atoms with Crippen molar-refractivity contribution in [3.05, 3.63) is 46.3 Å². The zero-order valence-electron chi connectivity index (χ0n) is 24.8. The molecule has 1 aromatic carbocycles. The lowest BCUT2D eigenvalue weighted by Crippen LogP contribution is -2.62. The second kappa shape index (κ2) is 13.9. The molecule has 0 radical (unpaired) electrons. The van der Waals surface area contributed by atoms with E-state index in [0.717, 1.165) is 0 Å². The molecule has 0 unspecified atom stereocenters. The Bertz CT molecular complexity index is 1310. The Kier molecular flexibility index (Phi) is 10.6. The first kappa shape index (κ1) is 35.1. The first-order valence-corrected chi connectivity index (χ1v) is 14.2. The zero-order valence-corrected chi connectivity index (χ0v) is 24.8. The van der Waals surface area contributed by atoms with Gasteiger partial charge >= 0.3 is 30.3 Å². The minimum absolute atomic E-state index is 0.00838. The molecule has 46 heavy (non-hydrogen) atoms. The lowest BCUT2D eigenvalue weighted by atomic mass is 9.83. The van der Waals surface area contributed by atoms with E-state index in [1.54, 1.807) is 23.5 Å². The third-order valence-corrected chi connectivity index (χ3v) is 8.34. The molecule has 3 fully saturated rings. The van der Waals surface area contributed by atoms with Gasteiger partial charge in [0.25, 0.3) is 0 Å². The Hall–Kier alpha value is -3.80. The Balaban J connectivity index is 1.65. The van der Waals surface area contributed by atoms with E-state index in [2.05, 4.69) is 10.0 Å². The van der Waals surface area contributed by atoms with E-state index in [0.29, 0.717) is 10.5 Å². The summed E-state index contributed by atoms with van der Waals surface area (Å²) < 4.78 is 104. The number of hydrogen-bond donors (Lipinski definition) is 1. The van der Waals surface area contributed by atoms with Gasteiger partial charge in [-0.05, 0) is 37.3 Å². The van der Waals surface area contributed by atoms with Crippen LogP contribution in [-0.2, 0) is 28.5 Å². The molecule has 2 heterocycles. The quantitative estimate of drug-likeness (QED) is 0.181. The van der Waals surface area contributed by atoms with Crippen LogP contribution < -0.4 is 5.32 Å². The van der Waals surface area contributed by atoms with Crippen molar-refractivity contribution >= 4 is 17.9 Å². The van der Waals surface area contributed by atoms with E-state index < -0.39 is 91.7 Å². The van der Waals surface area contributed by atoms with E-state index >= 15 is 0 Å². The fourth-order valence-corrected chi connectivity index (χ4v) is 6.02. The molecule has 19 heteroatoms. The fourth-order valence-electron chi connectivity index (χ4n) is 6.02. The Morgan fingerprint density at radius 3 is 2.43 bits per heavy atom. The van der Waals surface area contributed by atoms with Crippen molar-refractivity contribution < 1.29 is 59.7 Å². The lowest BCUT2D eigenvalue weighted by molar-refractivity contribution is -0.255. The van der Waals surface area contributed by atoms with Crippen LogP contribution in [0.1, 0.15) is 37.8 Å². The van der Waals surface area contributed by atoms with Crippen molar-refractivity contribution in [3.8, 4) is 0 Å². The molecular formula is C27H32F6N6O7. The standard InChI is InChI=1S/C27H32F6N6O7/c1-13(14-7-5-4-6-8-14)39(24(41)27(31,32)33)12-15-9-10-16(35-23(40)26(28,29)30)22(44-15)45-20-17(36-37-34)11-18(43-3)19-21(20)46-25(42)38(19)2/h4-8,13,15-22H,9-12H2,1-3H3,(H,35,40)/t13-,15+,16-,17+,18+,19-,20-,21-,22-/m1/s1. The number of alkyl halides is 6. The summed E-state index contributed by atoms with van der Waals surface area (Å²) in [4.78, 5) is 41.5. The zero-order chi connectivity index (χ0) is 34.0. The maximum absolute atomic E-state index is 13.7. The van der Waals surface area contributed by atoms with E-state index in [-0.39, 0.29) is 19.3 Å². The highest BCUT2D eigenvalue weighted by Crippen LogP contribution is 2.38. The van der Waals surface area contributed by atoms with Gasteiger partial charge in [0.05, 0.1) is 30.3 Å². The monoisotopic (exact) mass is 666 g/mol. The number of nitrogens with zero attached hydrogens (tertiary/aromatic N) is 5. The fraction of sp³-hybridized carbons (Fsp3) is 0.667. The van der Waals surface area contributed by atoms with Crippen molar-refractivity contribution in [3.63, 3.8) is 0 Å². The number of rotatable bonds is 9. The third kappa shape index (κ3) is 7.59. The summed E-state index contributed by atoms with van der Waals surface area (Å²) in [6.45, 7) is 0.736. The summed E-state index contributed by atoms with van der Waals surface area (Å²) in [7, 11) is 2.78. The predicted molar refractivity (Wildman–Crippen MR) is 144 cm³/mol. The lowest BCUT2D eigenvalue weighted by Gasteiger charge is -2.45. The summed E-state index contributed by atoms with van der Waals surface area (Å²) in [6, 6.07) is 3.41. The van der Waals surface area contributed by atoms with Gasteiger partial charge < -0.3 is 34.1 Å². The first-order valence-electron chi connectivity index (χ1n) is 14.2. The van der Waals surface area contributed by atoms with Crippen LogP contribution >= 0.6 is 0 Å². The predicted octanol–water partition coefficient (Wildman–Crippen LogP) is 3.99. The van der Waals surface area contributed by atoms with Gasteiger partial charge in [-0.1, -0.05) is 35.4 Å². The molecule has 2 saturated heterocycles. The molecule has 254 valence electrons. The van der Waals surface area contributed by atoms with Crippen LogP contribution in [-0.4, -0.2) is 110 Å². The van der Waals surface area contributed by atoms with Gasteiger partial charge in [-0.15, -0.1) is 0 Å². The van der Waals surface area contributed by atoms with Crippen LogP contribution in [0, 0.1) is 0 Å². The molecule has 3 aliphatic rings. The van der Waals surface area contributed by atoms with Gasteiger partial charge in [-0.3, -0.25) is 9.59 Å². The van der Waals surface area contributed by atoms with Gasteiger partial charge in [0.15, 0.2) is 12.4 Å². The molecule has 1 aliphatic carbocycles. The number of methoxy groups -OCH3 is 1. The van der Waals surface area contributed by atoms with Crippen molar-refractivity contribution in [1.82, 2.24) is 15.1 Å². The number of halogens is 6. The van der Waals surface area contributed by atoms with Gasteiger partial charge in [0, 0.05) is 25.6 Å². The molecule has 0 spiro atoms. The summed E-state index contributed by atoms with van der Waals surface area (Å²) in [6.07, 6.45) is -17.9. The van der Waals surface area contributed by atoms with Crippen LogP contribution in [0.3, 0.4) is 0 Å². The minimum Gasteiger partial charge on any atom is -0.441 e. The van der Waals surface area contributed by atoms with Crippen molar-refractivity contribution in [1.29, 1.82) is 0 Å². The molecule has 3 amide bonds. The van der Waals surface area contributed by atoms with Gasteiger partial charge in [0.1, 0.15) is 12.1 Å². The summed E-state index contributed by atoms with van der Waals surface area (Å²) >= 11 is 0. The molecular weight excluding hydrogens is 634 g/mol. The first-order chi connectivity index (χ1) is 21.6. The van der Waals surface area contributed by atoms with Crippen LogP contribution in [0.15, 0.2) is 35.4 Å². The SMILES string of the molecule is CO[C@H]1C[C@H](N=[N+]=[N-])[C@@H](O[C@H]2O[C@H](CN(C(=O)C(F)(F)F)[C@H](C)c3ccccc3)CC[C@H]2NC(=O)C(F)(F)F)[C@@H]2OC(=O)N(C)[C@@H]21. The second-order valence-electron chi connectivity index (χ2n) is 11.2. The highest BCUT2D eigenvalue weighted by Gasteiger charge is 2.56. The third-order valence-electron chi connectivity index (χ3n) is 8.34. The van der Waals surface area contributed by atoms with Crippen molar-refractivity contribution in [2.75, 3.05) is 20.7 Å². The molecule has 13 nitrogen and oxygen atoms in total. The number of fused-ring (bicyclic) bond motifs is 1. The number of carbonyl (C=O) groups excluding carboxylic acids is 3. The summed E-state index contributed by atoms with van der Waals surface area (Å²) in [5.41, 5.74) is 9.59. The molecule has 0 aromatic heterocycles.